The SMILES string of the molecule is COc1cc(Br)ccc1C(O)Cc1cccc(F)c1Cl. The highest BCUT2D eigenvalue weighted by Crippen LogP contribution is 2.32. The summed E-state index contributed by atoms with van der Waals surface area (Å²) in [5.74, 6) is 0.0820. The molecule has 1 atom stereocenters. The Morgan fingerprint density at radius 3 is 2.80 bits per heavy atom. The minimum Gasteiger partial charge on any atom is -0.496 e. The van der Waals surface area contributed by atoms with Crippen molar-refractivity contribution >= 4 is 27.5 Å². The van der Waals surface area contributed by atoms with E-state index >= 15 is 0 Å². The van der Waals surface area contributed by atoms with E-state index in [0.29, 0.717) is 16.9 Å². The Kier molecular flexibility index (Phi) is 5.02. The number of hydrogen-bond donors (Lipinski definition) is 1. The molecule has 0 saturated heterocycles. The van der Waals surface area contributed by atoms with Gasteiger partial charge in [-0.2, -0.15) is 0 Å². The van der Waals surface area contributed by atoms with Crippen molar-refractivity contribution in [3.05, 3.63) is 62.8 Å². The lowest BCUT2D eigenvalue weighted by molar-refractivity contribution is 0.174. The summed E-state index contributed by atoms with van der Waals surface area (Å²) in [6, 6.07) is 9.90. The molecule has 1 N–H and O–H groups in total. The molecule has 0 heterocycles. The number of hydrogen-bond acceptors (Lipinski definition) is 2. The third-order valence-corrected chi connectivity index (χ3v) is 3.92. The van der Waals surface area contributed by atoms with Gasteiger partial charge in [0.05, 0.1) is 18.2 Å². The van der Waals surface area contributed by atoms with Crippen molar-refractivity contribution in [1.82, 2.24) is 0 Å². The highest BCUT2D eigenvalue weighted by Gasteiger charge is 2.16. The van der Waals surface area contributed by atoms with Gasteiger partial charge >= 0.3 is 0 Å². The number of methoxy groups -OCH3 is 1. The molecule has 0 saturated carbocycles. The van der Waals surface area contributed by atoms with Gasteiger partial charge in [0.1, 0.15) is 11.6 Å². The minimum absolute atomic E-state index is 0.0441. The predicted octanol–water partition coefficient (Wildman–Crippen LogP) is 4.53. The van der Waals surface area contributed by atoms with Gasteiger partial charge in [0, 0.05) is 16.5 Å². The van der Waals surface area contributed by atoms with Crippen LogP contribution < -0.4 is 4.74 Å². The van der Waals surface area contributed by atoms with E-state index in [1.165, 1.54) is 13.2 Å². The van der Waals surface area contributed by atoms with Gasteiger partial charge in [0.15, 0.2) is 0 Å². The third kappa shape index (κ3) is 3.32. The monoisotopic (exact) mass is 358 g/mol. The third-order valence-electron chi connectivity index (χ3n) is 3.00. The summed E-state index contributed by atoms with van der Waals surface area (Å²) >= 11 is 9.24. The Balaban J connectivity index is 2.28. The van der Waals surface area contributed by atoms with Gasteiger partial charge < -0.3 is 9.84 Å². The van der Waals surface area contributed by atoms with Gasteiger partial charge in [0.25, 0.3) is 0 Å². The van der Waals surface area contributed by atoms with Gasteiger partial charge in [-0.15, -0.1) is 0 Å². The lowest BCUT2D eigenvalue weighted by atomic mass is 10.0. The largest absolute Gasteiger partial charge is 0.496 e. The van der Waals surface area contributed by atoms with E-state index in [0.717, 1.165) is 4.47 Å². The lowest BCUT2D eigenvalue weighted by Crippen LogP contribution is -2.05. The maximum absolute atomic E-state index is 13.4. The first kappa shape index (κ1) is 15.3. The van der Waals surface area contributed by atoms with Crippen molar-refractivity contribution in [2.45, 2.75) is 12.5 Å². The molecule has 5 heteroatoms. The molecule has 0 fully saturated rings. The van der Waals surface area contributed by atoms with Crippen LogP contribution in [-0.4, -0.2) is 12.2 Å². The molecule has 20 heavy (non-hydrogen) atoms. The van der Waals surface area contributed by atoms with Crippen LogP contribution in [0.25, 0.3) is 0 Å². The molecular weight excluding hydrogens is 347 g/mol. The molecule has 1 unspecified atom stereocenters. The van der Waals surface area contributed by atoms with Gasteiger partial charge in [0.2, 0.25) is 0 Å². The second-order valence-corrected chi connectivity index (χ2v) is 5.61. The topological polar surface area (TPSA) is 29.5 Å². The van der Waals surface area contributed by atoms with E-state index in [-0.39, 0.29) is 11.4 Å². The van der Waals surface area contributed by atoms with Crippen molar-refractivity contribution in [1.29, 1.82) is 0 Å². The summed E-state index contributed by atoms with van der Waals surface area (Å²) in [5.41, 5.74) is 1.19. The zero-order valence-electron chi connectivity index (χ0n) is 10.7. The van der Waals surface area contributed by atoms with E-state index in [2.05, 4.69) is 15.9 Å². The number of aliphatic hydroxyl groups is 1. The Bertz CT molecular complexity index is 619. The van der Waals surface area contributed by atoms with Gasteiger partial charge in [-0.05, 0) is 23.8 Å². The van der Waals surface area contributed by atoms with E-state index in [1.54, 1.807) is 24.3 Å². The van der Waals surface area contributed by atoms with E-state index in [9.17, 15) is 9.50 Å². The van der Waals surface area contributed by atoms with Crippen LogP contribution in [0.15, 0.2) is 40.9 Å². The van der Waals surface area contributed by atoms with Gasteiger partial charge in [-0.25, -0.2) is 4.39 Å². The summed E-state index contributed by atoms with van der Waals surface area (Å²) in [6.45, 7) is 0. The fourth-order valence-electron chi connectivity index (χ4n) is 1.98. The second kappa shape index (κ2) is 6.57. The lowest BCUT2D eigenvalue weighted by Gasteiger charge is -2.16. The summed E-state index contributed by atoms with van der Waals surface area (Å²) in [4.78, 5) is 0. The number of benzene rings is 2. The first-order valence-corrected chi connectivity index (χ1v) is 7.14. The Morgan fingerprint density at radius 2 is 2.10 bits per heavy atom. The number of aliphatic hydroxyl groups excluding tert-OH is 1. The Hall–Kier alpha value is -1.10. The summed E-state index contributed by atoms with van der Waals surface area (Å²) in [5, 5.41) is 10.4. The summed E-state index contributed by atoms with van der Waals surface area (Å²) < 4.78 is 19.5. The van der Waals surface area contributed by atoms with Crippen molar-refractivity contribution in [2.75, 3.05) is 7.11 Å². The van der Waals surface area contributed by atoms with Crippen LogP contribution in [0.1, 0.15) is 17.2 Å². The standard InChI is InChI=1S/C15H13BrClFO2/c1-20-14-8-10(16)5-6-11(14)13(19)7-9-3-2-4-12(18)15(9)17/h2-6,8,13,19H,7H2,1H3. The second-order valence-electron chi connectivity index (χ2n) is 4.32. The minimum atomic E-state index is -0.822. The van der Waals surface area contributed by atoms with E-state index in [1.807, 2.05) is 6.07 Å². The fourth-order valence-corrected chi connectivity index (χ4v) is 2.53. The summed E-state index contributed by atoms with van der Waals surface area (Å²) in [7, 11) is 1.53. The van der Waals surface area contributed by atoms with Crippen LogP contribution in [-0.2, 0) is 6.42 Å². The average molecular weight is 360 g/mol. The molecule has 106 valence electrons. The van der Waals surface area contributed by atoms with Crippen molar-refractivity contribution in [3.63, 3.8) is 0 Å². The summed E-state index contributed by atoms with van der Waals surface area (Å²) in [6.07, 6.45) is -0.605. The fraction of sp³-hybridized carbons (Fsp3) is 0.200. The molecule has 0 radical (unpaired) electrons. The number of rotatable bonds is 4. The van der Waals surface area contributed by atoms with Crippen LogP contribution in [0.5, 0.6) is 5.75 Å². The maximum atomic E-state index is 13.4. The van der Waals surface area contributed by atoms with E-state index < -0.39 is 11.9 Å². The quantitative estimate of drug-likeness (QED) is 0.869. The Labute approximate surface area is 130 Å². The molecular formula is C15H13BrClFO2. The molecule has 0 aliphatic carbocycles. The number of halogens is 3. The first-order valence-electron chi connectivity index (χ1n) is 5.97. The maximum Gasteiger partial charge on any atom is 0.142 e. The van der Waals surface area contributed by atoms with Crippen LogP contribution in [0.4, 0.5) is 4.39 Å². The van der Waals surface area contributed by atoms with Crippen molar-refractivity contribution in [3.8, 4) is 5.75 Å². The zero-order chi connectivity index (χ0) is 14.7. The molecule has 0 spiro atoms. The van der Waals surface area contributed by atoms with Crippen LogP contribution >= 0.6 is 27.5 Å². The molecule has 0 amide bonds. The Morgan fingerprint density at radius 1 is 1.35 bits per heavy atom. The normalized spacial score (nSPS) is 12.2. The van der Waals surface area contributed by atoms with Crippen molar-refractivity contribution in [2.24, 2.45) is 0 Å². The molecule has 2 nitrogen and oxygen atoms in total. The average Bonchev–Trinajstić information content (AvgIpc) is 2.43. The smallest absolute Gasteiger partial charge is 0.142 e. The van der Waals surface area contributed by atoms with Crippen LogP contribution in [0, 0.1) is 5.82 Å². The van der Waals surface area contributed by atoms with Gasteiger partial charge in [-0.3, -0.25) is 0 Å². The van der Waals surface area contributed by atoms with Crippen LogP contribution in [0.3, 0.4) is 0 Å². The highest BCUT2D eigenvalue weighted by molar-refractivity contribution is 9.10. The molecule has 0 bridgehead atoms. The zero-order valence-corrected chi connectivity index (χ0v) is 13.1. The molecule has 2 aromatic carbocycles. The highest BCUT2D eigenvalue weighted by atomic mass is 79.9. The van der Waals surface area contributed by atoms with Crippen LogP contribution in [0.2, 0.25) is 5.02 Å². The molecule has 0 aromatic heterocycles. The molecule has 0 aliphatic heterocycles. The molecule has 0 aliphatic rings. The first-order chi connectivity index (χ1) is 9.52. The predicted molar refractivity (Wildman–Crippen MR) is 80.8 cm³/mol. The molecule has 2 aromatic rings. The van der Waals surface area contributed by atoms with Crippen molar-refractivity contribution < 1.29 is 14.2 Å². The van der Waals surface area contributed by atoms with Gasteiger partial charge in [-0.1, -0.05) is 45.7 Å². The molecule has 2 rings (SSSR count). The van der Waals surface area contributed by atoms with E-state index in [4.69, 9.17) is 16.3 Å². The number of ether oxygens (including phenoxy) is 1.